The van der Waals surface area contributed by atoms with Crippen LogP contribution in [0, 0.1) is 6.92 Å². The van der Waals surface area contributed by atoms with E-state index in [4.69, 9.17) is 14.6 Å². The summed E-state index contributed by atoms with van der Waals surface area (Å²) in [4.78, 5) is 24.0. The Hall–Kier alpha value is -3.32. The van der Waals surface area contributed by atoms with Gasteiger partial charge in [0.2, 0.25) is 6.29 Å². The number of ketones is 1. The van der Waals surface area contributed by atoms with E-state index >= 15 is 0 Å². The Morgan fingerprint density at radius 1 is 1.33 bits per heavy atom. The van der Waals surface area contributed by atoms with Crippen LogP contribution < -0.4 is 15.2 Å². The van der Waals surface area contributed by atoms with Crippen LogP contribution in [0.25, 0.3) is 0 Å². The van der Waals surface area contributed by atoms with Gasteiger partial charge in [0.25, 0.3) is 0 Å². The summed E-state index contributed by atoms with van der Waals surface area (Å²) in [7, 11) is 0. The first-order chi connectivity index (χ1) is 12.9. The molecular formula is C20H18NO6-. The Bertz CT molecular complexity index is 934. The van der Waals surface area contributed by atoms with Crippen LogP contribution in [0.1, 0.15) is 33.2 Å². The summed E-state index contributed by atoms with van der Waals surface area (Å²) in [5, 5.41) is 23.5. The van der Waals surface area contributed by atoms with Gasteiger partial charge in [0, 0.05) is 18.5 Å². The van der Waals surface area contributed by atoms with Crippen molar-refractivity contribution in [1.29, 1.82) is 0 Å². The zero-order chi connectivity index (χ0) is 19.6. The van der Waals surface area contributed by atoms with Gasteiger partial charge >= 0.3 is 5.97 Å². The zero-order valence-electron chi connectivity index (χ0n) is 14.8. The van der Waals surface area contributed by atoms with Crippen molar-refractivity contribution in [2.75, 3.05) is 11.9 Å². The molecule has 1 heterocycles. The van der Waals surface area contributed by atoms with Crippen LogP contribution in [0.15, 0.2) is 48.2 Å². The fraction of sp³-hybridized carbons (Fsp3) is 0.200. The topological polar surface area (TPSA) is 108 Å². The number of Topliss-reactive ketones (excluding diaryl/α,β-unsaturated/α-hetero) is 1. The maximum atomic E-state index is 12.9. The van der Waals surface area contributed by atoms with E-state index in [1.165, 1.54) is 18.3 Å². The van der Waals surface area contributed by atoms with Crippen LogP contribution >= 0.6 is 0 Å². The minimum atomic E-state index is -1.31. The van der Waals surface area contributed by atoms with E-state index in [1.54, 1.807) is 19.1 Å². The molecule has 27 heavy (non-hydrogen) atoms. The Morgan fingerprint density at radius 3 is 2.81 bits per heavy atom. The number of aromatic carboxylic acids is 1. The lowest BCUT2D eigenvalue weighted by molar-refractivity contribution is -0.268. The number of carboxylic acid groups (broad SMARTS) is 1. The maximum Gasteiger partial charge on any atom is 0.335 e. The average Bonchev–Trinajstić information content (AvgIpc) is 2.63. The van der Waals surface area contributed by atoms with Gasteiger partial charge in [-0.1, -0.05) is 23.4 Å². The predicted octanol–water partition coefficient (Wildman–Crippen LogP) is 2.70. The van der Waals surface area contributed by atoms with E-state index in [-0.39, 0.29) is 16.9 Å². The first kappa shape index (κ1) is 18.5. The number of nitrogens with one attached hydrogen (secondary N) is 1. The molecule has 1 aliphatic heterocycles. The van der Waals surface area contributed by atoms with E-state index in [2.05, 4.69) is 5.32 Å². The highest BCUT2D eigenvalue weighted by molar-refractivity contribution is 6.12. The molecule has 0 aromatic heterocycles. The summed E-state index contributed by atoms with van der Waals surface area (Å²) in [6.45, 7) is 4.00. The minimum Gasteiger partial charge on any atom is -0.872 e. The Morgan fingerprint density at radius 2 is 2.11 bits per heavy atom. The third-order valence-corrected chi connectivity index (χ3v) is 4.05. The van der Waals surface area contributed by atoms with Crippen LogP contribution in [-0.4, -0.2) is 29.8 Å². The van der Waals surface area contributed by atoms with Crippen molar-refractivity contribution in [2.45, 2.75) is 20.1 Å². The van der Waals surface area contributed by atoms with Crippen molar-refractivity contribution < 1.29 is 29.3 Å². The Kier molecular flexibility index (Phi) is 5.14. The monoisotopic (exact) mass is 368 g/mol. The molecule has 0 saturated carbocycles. The summed E-state index contributed by atoms with van der Waals surface area (Å²) in [5.41, 5.74) is 1.60. The predicted molar refractivity (Wildman–Crippen MR) is 96.1 cm³/mol. The molecule has 3 rings (SSSR count). The number of benzene rings is 2. The SMILES string of the molecule is CCO[C@@H]1Oc2ccc(C)cc2C(=O)/C1=C/Nc1ccc([O-])c(C(=O)O)c1. The molecule has 0 fully saturated rings. The molecule has 1 atom stereocenters. The van der Waals surface area contributed by atoms with Gasteiger partial charge in [-0.25, -0.2) is 4.79 Å². The molecule has 0 saturated heterocycles. The molecule has 2 aromatic rings. The van der Waals surface area contributed by atoms with Crippen molar-refractivity contribution in [1.82, 2.24) is 0 Å². The van der Waals surface area contributed by atoms with Gasteiger partial charge in [-0.15, -0.1) is 0 Å². The van der Waals surface area contributed by atoms with Crippen LogP contribution in [0.3, 0.4) is 0 Å². The fourth-order valence-electron chi connectivity index (χ4n) is 2.72. The molecule has 0 amide bonds. The number of carbonyl (C=O) groups is 2. The first-order valence-corrected chi connectivity index (χ1v) is 8.35. The van der Waals surface area contributed by atoms with E-state index < -0.39 is 18.0 Å². The normalized spacial score (nSPS) is 17.3. The molecule has 0 bridgehead atoms. The highest BCUT2D eigenvalue weighted by Gasteiger charge is 2.32. The lowest BCUT2D eigenvalue weighted by atomic mass is 9.98. The largest absolute Gasteiger partial charge is 0.872 e. The lowest BCUT2D eigenvalue weighted by Crippen LogP contribution is -2.33. The molecule has 7 nitrogen and oxygen atoms in total. The summed E-state index contributed by atoms with van der Waals surface area (Å²) >= 11 is 0. The molecule has 2 N–H and O–H groups in total. The van der Waals surface area contributed by atoms with E-state index in [1.807, 2.05) is 13.0 Å². The lowest BCUT2D eigenvalue weighted by Gasteiger charge is -2.27. The molecule has 7 heteroatoms. The van der Waals surface area contributed by atoms with E-state index in [0.717, 1.165) is 11.6 Å². The van der Waals surface area contributed by atoms with Gasteiger partial charge < -0.3 is 25.0 Å². The molecule has 0 spiro atoms. The molecular weight excluding hydrogens is 350 g/mol. The van der Waals surface area contributed by atoms with E-state index in [9.17, 15) is 14.7 Å². The number of hydrogen-bond donors (Lipinski definition) is 2. The number of carboxylic acids is 1. The highest BCUT2D eigenvalue weighted by atomic mass is 16.7. The van der Waals surface area contributed by atoms with Gasteiger partial charge in [-0.05, 0) is 38.1 Å². The molecule has 1 aliphatic rings. The van der Waals surface area contributed by atoms with Gasteiger partial charge in [0.1, 0.15) is 5.75 Å². The zero-order valence-corrected chi connectivity index (χ0v) is 14.8. The molecule has 0 aliphatic carbocycles. The number of ether oxygens (including phenoxy) is 2. The number of aryl methyl sites for hydroxylation is 1. The minimum absolute atomic E-state index is 0.246. The van der Waals surface area contributed by atoms with Crippen molar-refractivity contribution in [3.8, 4) is 11.5 Å². The molecule has 0 radical (unpaired) electrons. The highest BCUT2D eigenvalue weighted by Crippen LogP contribution is 2.32. The number of fused-ring (bicyclic) bond motifs is 1. The van der Waals surface area contributed by atoms with Crippen LogP contribution in [0.2, 0.25) is 0 Å². The van der Waals surface area contributed by atoms with Gasteiger partial charge in [0.15, 0.2) is 5.78 Å². The number of rotatable bonds is 5. The average molecular weight is 368 g/mol. The van der Waals surface area contributed by atoms with Gasteiger partial charge in [-0.3, -0.25) is 4.79 Å². The molecule has 0 unspecified atom stereocenters. The van der Waals surface area contributed by atoms with Crippen molar-refractivity contribution >= 4 is 17.4 Å². The fourth-order valence-corrected chi connectivity index (χ4v) is 2.72. The summed E-state index contributed by atoms with van der Waals surface area (Å²) in [5.74, 6) is -1.70. The standard InChI is InChI=1S/C20H19NO6/c1-3-26-20-15(18(23)14-8-11(2)4-7-17(14)27-20)10-21-12-5-6-16(22)13(9-12)19(24)25/h4-10,20-22H,3H2,1-2H3,(H,24,25)/p-1/b15-10-/t20-/m1/s1. The summed E-state index contributed by atoms with van der Waals surface area (Å²) < 4.78 is 11.3. The quantitative estimate of drug-likeness (QED) is 0.781. The van der Waals surface area contributed by atoms with Crippen molar-refractivity contribution in [3.63, 3.8) is 0 Å². The van der Waals surface area contributed by atoms with E-state index in [0.29, 0.717) is 23.6 Å². The van der Waals surface area contributed by atoms with Gasteiger partial charge in [0.05, 0.1) is 16.7 Å². The maximum absolute atomic E-state index is 12.9. The Balaban J connectivity index is 1.94. The van der Waals surface area contributed by atoms with Crippen molar-refractivity contribution in [2.24, 2.45) is 0 Å². The van der Waals surface area contributed by atoms with Crippen molar-refractivity contribution in [3.05, 3.63) is 64.9 Å². The van der Waals surface area contributed by atoms with Crippen LogP contribution in [0.4, 0.5) is 5.69 Å². The van der Waals surface area contributed by atoms with Crippen LogP contribution in [0.5, 0.6) is 11.5 Å². The third kappa shape index (κ3) is 3.78. The van der Waals surface area contributed by atoms with Gasteiger partial charge in [-0.2, -0.15) is 0 Å². The number of hydrogen-bond acceptors (Lipinski definition) is 6. The smallest absolute Gasteiger partial charge is 0.335 e. The summed E-state index contributed by atoms with van der Waals surface area (Å²) in [6.07, 6.45) is 0.530. The second-order valence-electron chi connectivity index (χ2n) is 5.99. The summed E-state index contributed by atoms with van der Waals surface area (Å²) in [6, 6.07) is 9.12. The molecule has 2 aromatic carbocycles. The Labute approximate surface area is 155 Å². The number of anilines is 1. The first-order valence-electron chi connectivity index (χ1n) is 8.35. The third-order valence-electron chi connectivity index (χ3n) is 4.05. The second kappa shape index (κ2) is 7.51. The second-order valence-corrected chi connectivity index (χ2v) is 5.99. The van der Waals surface area contributed by atoms with Crippen LogP contribution in [-0.2, 0) is 4.74 Å². The molecule has 140 valence electrons. The number of carbonyl (C=O) groups excluding carboxylic acids is 1.